The average Bonchev–Trinajstić information content (AvgIpc) is 2.23. The molecule has 1 saturated heterocycles. The minimum absolute atomic E-state index is 0.297. The molecule has 0 bridgehead atoms. The number of hydrogen-bond acceptors (Lipinski definition) is 5. The lowest BCUT2D eigenvalue weighted by atomic mass is 10.2. The average molecular weight is 302 g/mol. The number of rotatable bonds is 0. The van der Waals surface area contributed by atoms with Gasteiger partial charge in [0.1, 0.15) is 11.2 Å². The van der Waals surface area contributed by atoms with Crippen molar-refractivity contribution < 1.29 is 24.2 Å². The quantitative estimate of drug-likeness (QED) is 0.743. The molecule has 0 aromatic heterocycles. The molecule has 1 heterocycles. The van der Waals surface area contributed by atoms with E-state index in [1.807, 2.05) is 0 Å². The van der Waals surface area contributed by atoms with Gasteiger partial charge in [-0.1, -0.05) is 0 Å². The largest absolute Gasteiger partial charge is 0.442 e. The minimum Gasteiger partial charge on any atom is -0.442 e. The maximum absolute atomic E-state index is 12.2. The first-order valence-corrected chi connectivity index (χ1v) is 7.11. The Labute approximate surface area is 125 Å². The van der Waals surface area contributed by atoms with Crippen LogP contribution in [0, 0.1) is 0 Å². The van der Waals surface area contributed by atoms with E-state index in [2.05, 4.69) is 0 Å². The first-order valence-electron chi connectivity index (χ1n) is 7.11. The molecule has 7 nitrogen and oxygen atoms in total. The monoisotopic (exact) mass is 302 g/mol. The summed E-state index contributed by atoms with van der Waals surface area (Å²) in [5.74, 6) is 0. The Balaban J connectivity index is 2.89. The number of carbonyl (C=O) groups is 2. The van der Waals surface area contributed by atoms with Crippen LogP contribution in [0.2, 0.25) is 0 Å². The molecule has 1 unspecified atom stereocenters. The number of aliphatic hydroxyl groups is 1. The molecule has 1 rings (SSSR count). The molecule has 0 spiro atoms. The van der Waals surface area contributed by atoms with Gasteiger partial charge in [0.2, 0.25) is 0 Å². The molecule has 21 heavy (non-hydrogen) atoms. The molecular formula is C14H26N2O5. The van der Waals surface area contributed by atoms with Gasteiger partial charge in [0.05, 0.1) is 0 Å². The van der Waals surface area contributed by atoms with E-state index in [9.17, 15) is 14.7 Å². The van der Waals surface area contributed by atoms with E-state index >= 15 is 0 Å². The van der Waals surface area contributed by atoms with Gasteiger partial charge in [0.25, 0.3) is 0 Å². The number of aliphatic hydroxyl groups excluding tert-OH is 1. The van der Waals surface area contributed by atoms with Crippen LogP contribution in [0.1, 0.15) is 54.4 Å². The van der Waals surface area contributed by atoms with Crippen LogP contribution < -0.4 is 0 Å². The molecule has 2 amide bonds. The van der Waals surface area contributed by atoms with E-state index in [4.69, 9.17) is 9.47 Å². The molecule has 122 valence electrons. The van der Waals surface area contributed by atoms with E-state index in [1.54, 1.807) is 41.5 Å². The summed E-state index contributed by atoms with van der Waals surface area (Å²) >= 11 is 0. The lowest BCUT2D eigenvalue weighted by Gasteiger charge is -2.41. The predicted octanol–water partition coefficient (Wildman–Crippen LogP) is 2.49. The van der Waals surface area contributed by atoms with Gasteiger partial charge in [-0.15, -0.1) is 0 Å². The highest BCUT2D eigenvalue weighted by atomic mass is 16.6. The third kappa shape index (κ3) is 5.41. The normalized spacial score (nSPS) is 20.2. The van der Waals surface area contributed by atoms with Crippen LogP contribution in [0.4, 0.5) is 9.59 Å². The maximum Gasteiger partial charge on any atom is 0.431 e. The van der Waals surface area contributed by atoms with Crippen LogP contribution in [0.15, 0.2) is 0 Å². The molecule has 0 radical (unpaired) electrons. The molecule has 1 fully saturated rings. The first kappa shape index (κ1) is 17.6. The fraction of sp³-hybridized carbons (Fsp3) is 0.857. The van der Waals surface area contributed by atoms with Gasteiger partial charge in [-0.3, -0.25) is 0 Å². The number of hydrazine groups is 1. The molecule has 0 saturated carbocycles. The summed E-state index contributed by atoms with van der Waals surface area (Å²) in [5.41, 5.74) is -1.40. The fourth-order valence-corrected chi connectivity index (χ4v) is 1.84. The second-order valence-electron chi connectivity index (χ2n) is 7.05. The third-order valence-electron chi connectivity index (χ3n) is 2.56. The predicted molar refractivity (Wildman–Crippen MR) is 76.3 cm³/mol. The van der Waals surface area contributed by atoms with Crippen LogP contribution >= 0.6 is 0 Å². The summed E-state index contributed by atoms with van der Waals surface area (Å²) < 4.78 is 10.5. The van der Waals surface area contributed by atoms with E-state index in [0.717, 1.165) is 10.0 Å². The number of hydrogen-bond donors (Lipinski definition) is 1. The molecule has 0 aliphatic carbocycles. The van der Waals surface area contributed by atoms with Crippen molar-refractivity contribution in [3.8, 4) is 0 Å². The van der Waals surface area contributed by atoms with Gasteiger partial charge in [-0.2, -0.15) is 5.01 Å². The summed E-state index contributed by atoms with van der Waals surface area (Å²) in [6.45, 7) is 10.7. The van der Waals surface area contributed by atoms with Crippen molar-refractivity contribution in [2.45, 2.75) is 71.8 Å². The van der Waals surface area contributed by atoms with Gasteiger partial charge < -0.3 is 14.6 Å². The van der Waals surface area contributed by atoms with E-state index < -0.39 is 29.6 Å². The summed E-state index contributed by atoms with van der Waals surface area (Å²) in [5, 5.41) is 12.1. The molecule has 1 aliphatic rings. The van der Waals surface area contributed by atoms with Gasteiger partial charge >= 0.3 is 12.2 Å². The minimum atomic E-state index is -1.10. The van der Waals surface area contributed by atoms with Gasteiger partial charge in [-0.05, 0) is 54.4 Å². The topological polar surface area (TPSA) is 79.3 Å². The number of nitrogens with zero attached hydrogens (tertiary/aromatic N) is 2. The Morgan fingerprint density at radius 3 is 1.95 bits per heavy atom. The summed E-state index contributed by atoms with van der Waals surface area (Å²) in [6, 6.07) is 0. The Morgan fingerprint density at radius 2 is 1.48 bits per heavy atom. The van der Waals surface area contributed by atoms with Crippen molar-refractivity contribution in [3.05, 3.63) is 0 Å². The number of amides is 2. The zero-order valence-corrected chi connectivity index (χ0v) is 13.7. The molecule has 1 aliphatic heterocycles. The molecule has 0 aromatic rings. The SMILES string of the molecule is CC(C)(C)OC(=O)N1CCCC(O)N1C(=O)OC(C)(C)C. The Kier molecular flexibility index (Phi) is 5.09. The zero-order valence-electron chi connectivity index (χ0n) is 13.7. The van der Waals surface area contributed by atoms with E-state index in [1.165, 1.54) is 0 Å². The Hall–Kier alpha value is -1.50. The third-order valence-corrected chi connectivity index (χ3v) is 2.56. The standard InChI is InChI=1S/C14H26N2O5/c1-13(2,3)20-11(18)15-9-7-8-10(17)16(15)12(19)21-14(4,5)6/h10,17H,7-9H2,1-6H3. The van der Waals surface area contributed by atoms with Crippen molar-refractivity contribution in [2.24, 2.45) is 0 Å². The summed E-state index contributed by atoms with van der Waals surface area (Å²) in [4.78, 5) is 24.4. The van der Waals surface area contributed by atoms with Crippen LogP contribution in [0.25, 0.3) is 0 Å². The van der Waals surface area contributed by atoms with E-state index in [0.29, 0.717) is 19.4 Å². The highest BCUT2D eigenvalue weighted by Gasteiger charge is 2.39. The molecule has 1 atom stereocenters. The van der Waals surface area contributed by atoms with Crippen molar-refractivity contribution in [3.63, 3.8) is 0 Å². The van der Waals surface area contributed by atoms with Crippen molar-refractivity contribution in [1.82, 2.24) is 10.0 Å². The van der Waals surface area contributed by atoms with Crippen molar-refractivity contribution in [1.29, 1.82) is 0 Å². The van der Waals surface area contributed by atoms with Gasteiger partial charge in [-0.25, -0.2) is 14.6 Å². The van der Waals surface area contributed by atoms with Gasteiger partial charge in [0.15, 0.2) is 6.23 Å². The fourth-order valence-electron chi connectivity index (χ4n) is 1.84. The molecule has 1 N–H and O–H groups in total. The lowest BCUT2D eigenvalue weighted by Crippen LogP contribution is -2.59. The number of ether oxygens (including phenoxy) is 2. The smallest absolute Gasteiger partial charge is 0.431 e. The molecule has 0 aromatic carbocycles. The first-order chi connectivity index (χ1) is 9.41. The van der Waals surface area contributed by atoms with Crippen LogP contribution in [0.5, 0.6) is 0 Å². The van der Waals surface area contributed by atoms with E-state index in [-0.39, 0.29) is 0 Å². The summed E-state index contributed by atoms with van der Waals surface area (Å²) in [7, 11) is 0. The Morgan fingerprint density at radius 1 is 1.00 bits per heavy atom. The maximum atomic E-state index is 12.2. The highest BCUT2D eigenvalue weighted by molar-refractivity contribution is 5.75. The zero-order chi connectivity index (χ0) is 16.4. The van der Waals surface area contributed by atoms with Crippen LogP contribution in [-0.4, -0.2) is 51.3 Å². The highest BCUT2D eigenvalue weighted by Crippen LogP contribution is 2.22. The summed E-state index contributed by atoms with van der Waals surface area (Å²) in [6.07, 6.45) is -1.56. The second kappa shape index (κ2) is 6.09. The lowest BCUT2D eigenvalue weighted by molar-refractivity contribution is -0.148. The van der Waals surface area contributed by atoms with Crippen LogP contribution in [-0.2, 0) is 9.47 Å². The molecular weight excluding hydrogens is 276 g/mol. The van der Waals surface area contributed by atoms with Crippen molar-refractivity contribution in [2.75, 3.05) is 6.54 Å². The Bertz CT molecular complexity index is 397. The van der Waals surface area contributed by atoms with Crippen LogP contribution in [0.3, 0.4) is 0 Å². The number of carbonyl (C=O) groups excluding carboxylic acids is 2. The molecule has 7 heteroatoms. The second-order valence-corrected chi connectivity index (χ2v) is 7.05. The van der Waals surface area contributed by atoms with Gasteiger partial charge in [0, 0.05) is 6.54 Å². The van der Waals surface area contributed by atoms with Crippen molar-refractivity contribution >= 4 is 12.2 Å².